The molecule has 0 radical (unpaired) electrons. The normalized spacial score (nSPS) is 10.8. The summed E-state index contributed by atoms with van der Waals surface area (Å²) in [7, 11) is 1.61. The van der Waals surface area contributed by atoms with Gasteiger partial charge in [-0.25, -0.2) is 4.68 Å². The van der Waals surface area contributed by atoms with Gasteiger partial charge in [0, 0.05) is 23.9 Å². The number of para-hydroxylation sites is 1. The van der Waals surface area contributed by atoms with Crippen molar-refractivity contribution < 1.29 is 9.53 Å². The molecule has 0 fully saturated rings. The minimum Gasteiger partial charge on any atom is -0.497 e. The number of carbonyl (C=O) groups excluding carboxylic acids is 1. The zero-order valence-electron chi connectivity index (χ0n) is 16.0. The van der Waals surface area contributed by atoms with Crippen molar-refractivity contribution in [2.45, 2.75) is 0 Å². The van der Waals surface area contributed by atoms with Gasteiger partial charge in [0.15, 0.2) is 0 Å². The number of nitrogens with zero attached hydrogens (tertiary/aromatic N) is 3. The predicted molar refractivity (Wildman–Crippen MR) is 112 cm³/mol. The van der Waals surface area contributed by atoms with Gasteiger partial charge in [0.05, 0.1) is 18.5 Å². The molecule has 1 N–H and O–H groups in total. The van der Waals surface area contributed by atoms with Crippen LogP contribution in [-0.4, -0.2) is 29.3 Å². The van der Waals surface area contributed by atoms with E-state index in [0.717, 1.165) is 17.0 Å². The Bertz CT molecular complexity index is 1070. The summed E-state index contributed by atoms with van der Waals surface area (Å²) in [5.74, 6) is 0.274. The maximum atomic E-state index is 12.3. The lowest BCUT2D eigenvalue weighted by Crippen LogP contribution is -2.24. The molecule has 0 aliphatic carbocycles. The first kappa shape index (κ1) is 19.6. The Morgan fingerprint density at radius 2 is 1.97 bits per heavy atom. The third-order valence-electron chi connectivity index (χ3n) is 4.20. The summed E-state index contributed by atoms with van der Waals surface area (Å²) in [6, 6.07) is 19.0. The molecule has 29 heavy (non-hydrogen) atoms. The summed E-state index contributed by atoms with van der Waals surface area (Å²) in [5.41, 5.74) is 3.02. The summed E-state index contributed by atoms with van der Waals surface area (Å²) in [6.07, 6.45) is 4.90. The number of benzene rings is 2. The van der Waals surface area contributed by atoms with E-state index in [-0.39, 0.29) is 12.1 Å². The number of hydrogen-bond acceptors (Lipinski definition) is 4. The topological polar surface area (TPSA) is 79.9 Å². The van der Waals surface area contributed by atoms with E-state index >= 15 is 0 Å². The van der Waals surface area contributed by atoms with Crippen LogP contribution >= 0.6 is 0 Å². The van der Waals surface area contributed by atoms with Gasteiger partial charge in [-0.05, 0) is 42.5 Å². The van der Waals surface area contributed by atoms with Crippen molar-refractivity contribution in [2.75, 3.05) is 13.7 Å². The average molecular weight is 384 g/mol. The molecule has 0 atom stereocenters. The van der Waals surface area contributed by atoms with Crippen LogP contribution in [0, 0.1) is 11.3 Å². The van der Waals surface area contributed by atoms with Gasteiger partial charge in [0.25, 0.3) is 5.91 Å². The zero-order valence-corrected chi connectivity index (χ0v) is 16.0. The number of rotatable bonds is 7. The first-order chi connectivity index (χ1) is 14.2. The molecule has 3 rings (SSSR count). The van der Waals surface area contributed by atoms with Gasteiger partial charge in [-0.15, -0.1) is 6.58 Å². The van der Waals surface area contributed by atoms with Crippen LogP contribution in [-0.2, 0) is 4.79 Å². The molecule has 0 aliphatic heterocycles. The van der Waals surface area contributed by atoms with Crippen molar-refractivity contribution in [1.82, 2.24) is 15.1 Å². The lowest BCUT2D eigenvalue weighted by Gasteiger charge is -2.03. The molecular weight excluding hydrogens is 364 g/mol. The van der Waals surface area contributed by atoms with Crippen molar-refractivity contribution in [2.24, 2.45) is 0 Å². The van der Waals surface area contributed by atoms with Crippen molar-refractivity contribution in [3.63, 3.8) is 0 Å². The maximum absolute atomic E-state index is 12.3. The molecule has 1 amide bonds. The van der Waals surface area contributed by atoms with Gasteiger partial charge in [-0.3, -0.25) is 4.79 Å². The van der Waals surface area contributed by atoms with Crippen LogP contribution in [0.3, 0.4) is 0 Å². The van der Waals surface area contributed by atoms with Gasteiger partial charge in [-0.2, -0.15) is 10.4 Å². The lowest BCUT2D eigenvalue weighted by molar-refractivity contribution is -0.116. The number of methoxy groups -OCH3 is 1. The van der Waals surface area contributed by atoms with E-state index in [0.29, 0.717) is 11.3 Å². The molecule has 6 nitrogen and oxygen atoms in total. The Labute approximate surface area is 169 Å². The summed E-state index contributed by atoms with van der Waals surface area (Å²) >= 11 is 0. The minimum absolute atomic E-state index is 0.00535. The van der Waals surface area contributed by atoms with E-state index < -0.39 is 5.91 Å². The Morgan fingerprint density at radius 3 is 2.59 bits per heavy atom. The smallest absolute Gasteiger partial charge is 0.262 e. The third-order valence-corrected chi connectivity index (χ3v) is 4.20. The Kier molecular flexibility index (Phi) is 6.23. The summed E-state index contributed by atoms with van der Waals surface area (Å²) < 4.78 is 6.94. The largest absolute Gasteiger partial charge is 0.497 e. The number of hydrogen-bond donors (Lipinski definition) is 1. The highest BCUT2D eigenvalue weighted by Gasteiger charge is 2.15. The van der Waals surface area contributed by atoms with Crippen LogP contribution in [0.5, 0.6) is 5.75 Å². The van der Waals surface area contributed by atoms with Crippen LogP contribution < -0.4 is 10.1 Å². The van der Waals surface area contributed by atoms with Crippen molar-refractivity contribution >= 4 is 12.0 Å². The van der Waals surface area contributed by atoms with Crippen LogP contribution in [0.1, 0.15) is 5.56 Å². The van der Waals surface area contributed by atoms with Crippen LogP contribution in [0.25, 0.3) is 23.0 Å². The average Bonchev–Trinajstić information content (AvgIpc) is 3.20. The van der Waals surface area contributed by atoms with E-state index in [1.165, 1.54) is 0 Å². The molecular formula is C23H20N4O2. The van der Waals surface area contributed by atoms with Gasteiger partial charge in [-0.1, -0.05) is 24.3 Å². The quantitative estimate of drug-likeness (QED) is 0.382. The van der Waals surface area contributed by atoms with Crippen LogP contribution in [0.15, 0.2) is 79.0 Å². The monoisotopic (exact) mass is 384 g/mol. The predicted octanol–water partition coefficient (Wildman–Crippen LogP) is 3.76. The lowest BCUT2D eigenvalue weighted by atomic mass is 10.1. The maximum Gasteiger partial charge on any atom is 0.262 e. The Balaban J connectivity index is 2.09. The summed E-state index contributed by atoms with van der Waals surface area (Å²) in [4.78, 5) is 12.3. The molecule has 2 aromatic carbocycles. The number of nitriles is 1. The molecule has 0 bridgehead atoms. The molecule has 1 aromatic heterocycles. The molecule has 0 saturated carbocycles. The van der Waals surface area contributed by atoms with E-state index in [1.54, 1.807) is 30.1 Å². The molecule has 144 valence electrons. The highest BCUT2D eigenvalue weighted by atomic mass is 16.5. The third kappa shape index (κ3) is 4.60. The first-order valence-corrected chi connectivity index (χ1v) is 8.96. The number of amides is 1. The van der Waals surface area contributed by atoms with Crippen molar-refractivity contribution in [1.29, 1.82) is 5.26 Å². The van der Waals surface area contributed by atoms with E-state index in [9.17, 15) is 10.1 Å². The minimum atomic E-state index is -0.458. The second-order valence-electron chi connectivity index (χ2n) is 6.11. The number of aromatic nitrogens is 2. The van der Waals surface area contributed by atoms with E-state index in [1.807, 2.05) is 60.7 Å². The van der Waals surface area contributed by atoms with Gasteiger partial charge in [0.1, 0.15) is 17.4 Å². The SMILES string of the molecule is C=CCNC(=O)/C(C#N)=C/c1cn(-c2ccccc2)nc1-c1ccc(OC)cc1. The number of carbonyl (C=O) groups is 1. The van der Waals surface area contributed by atoms with Gasteiger partial charge in [0.2, 0.25) is 0 Å². The van der Waals surface area contributed by atoms with Crippen molar-refractivity contribution in [3.05, 3.63) is 84.6 Å². The van der Waals surface area contributed by atoms with Crippen molar-refractivity contribution in [3.8, 4) is 28.8 Å². The Hall–Kier alpha value is -4.11. The highest BCUT2D eigenvalue weighted by molar-refractivity contribution is 6.02. The molecule has 6 heteroatoms. The fourth-order valence-electron chi connectivity index (χ4n) is 2.74. The molecule has 0 aliphatic rings. The molecule has 0 spiro atoms. The molecule has 0 unspecified atom stereocenters. The fraction of sp³-hybridized carbons (Fsp3) is 0.0870. The number of nitrogens with one attached hydrogen (secondary N) is 1. The standard InChI is InChI=1S/C23H20N4O2/c1-3-13-25-23(28)18(15-24)14-19-16-27(20-7-5-4-6-8-20)26-22(19)17-9-11-21(29-2)12-10-17/h3-12,14,16H,1,13H2,2H3,(H,25,28)/b18-14+. The molecule has 3 aromatic rings. The zero-order chi connectivity index (χ0) is 20.6. The summed E-state index contributed by atoms with van der Waals surface area (Å²) in [6.45, 7) is 3.85. The second-order valence-corrected chi connectivity index (χ2v) is 6.11. The number of ether oxygens (including phenoxy) is 1. The van der Waals surface area contributed by atoms with Gasteiger partial charge < -0.3 is 10.1 Å². The fourth-order valence-corrected chi connectivity index (χ4v) is 2.74. The van der Waals surface area contributed by atoms with Crippen LogP contribution in [0.4, 0.5) is 0 Å². The van der Waals surface area contributed by atoms with Gasteiger partial charge >= 0.3 is 0 Å². The van der Waals surface area contributed by atoms with Crippen LogP contribution in [0.2, 0.25) is 0 Å². The summed E-state index contributed by atoms with van der Waals surface area (Å²) in [5, 5.41) is 16.8. The second kappa shape index (κ2) is 9.20. The first-order valence-electron chi connectivity index (χ1n) is 8.96. The Morgan fingerprint density at radius 1 is 1.24 bits per heavy atom. The molecule has 1 heterocycles. The van der Waals surface area contributed by atoms with E-state index in [4.69, 9.17) is 4.74 Å². The highest BCUT2D eigenvalue weighted by Crippen LogP contribution is 2.27. The van der Waals surface area contributed by atoms with E-state index in [2.05, 4.69) is 17.0 Å². The molecule has 0 saturated heterocycles.